The van der Waals surface area contributed by atoms with Crippen LogP contribution in [0.25, 0.3) is 0 Å². The van der Waals surface area contributed by atoms with E-state index >= 15 is 0 Å². The molecule has 74 valence electrons. The van der Waals surface area contributed by atoms with Crippen LogP contribution in [0.4, 0.5) is 0 Å². The molecule has 0 amide bonds. The van der Waals surface area contributed by atoms with Crippen LogP contribution >= 0.6 is 0 Å². The Kier molecular flexibility index (Phi) is 1.60. The molecule has 2 aliphatic rings. The Balaban J connectivity index is 2.02. The Morgan fingerprint density at radius 2 is 1.57 bits per heavy atom. The topological polar surface area (TPSA) is 0 Å². The van der Waals surface area contributed by atoms with Gasteiger partial charge in [0.15, 0.2) is 0 Å². The Bertz CT molecular complexity index is 347. The summed E-state index contributed by atoms with van der Waals surface area (Å²) in [7, 11) is 0. The second-order valence-electron chi connectivity index (χ2n) is 5.31. The van der Waals surface area contributed by atoms with Gasteiger partial charge in [-0.3, -0.25) is 0 Å². The van der Waals surface area contributed by atoms with Gasteiger partial charge < -0.3 is 0 Å². The molecule has 0 bridgehead atoms. The summed E-state index contributed by atoms with van der Waals surface area (Å²) in [4.78, 5) is 0. The van der Waals surface area contributed by atoms with Crippen molar-refractivity contribution in [2.75, 3.05) is 0 Å². The molecule has 0 heterocycles. The number of hydrogen-bond acceptors (Lipinski definition) is 0. The standard InChI is InChI=1S/C14H18/c1-10-7-11(2)9-13(8-10)14(5-6-14)12-3-4-12/h7-9,12H,3-6H2,1-2H3. The second kappa shape index (κ2) is 2.62. The molecule has 0 nitrogen and oxygen atoms in total. The lowest BCUT2D eigenvalue weighted by Crippen LogP contribution is -2.09. The van der Waals surface area contributed by atoms with Crippen molar-refractivity contribution >= 4 is 0 Å². The Labute approximate surface area is 86.3 Å². The normalized spacial score (nSPS) is 23.6. The lowest BCUT2D eigenvalue weighted by molar-refractivity contribution is 0.596. The average molecular weight is 186 g/mol. The van der Waals surface area contributed by atoms with Crippen LogP contribution in [0.2, 0.25) is 0 Å². The van der Waals surface area contributed by atoms with Gasteiger partial charge in [-0.2, -0.15) is 0 Å². The van der Waals surface area contributed by atoms with Gasteiger partial charge in [-0.05, 0) is 56.4 Å². The summed E-state index contributed by atoms with van der Waals surface area (Å²) in [6, 6.07) is 7.11. The maximum Gasteiger partial charge on any atom is -0.00179 e. The van der Waals surface area contributed by atoms with Crippen LogP contribution in [0.15, 0.2) is 18.2 Å². The van der Waals surface area contributed by atoms with Crippen molar-refractivity contribution in [1.82, 2.24) is 0 Å². The van der Waals surface area contributed by atoms with E-state index in [1.807, 2.05) is 0 Å². The first kappa shape index (κ1) is 8.52. The number of benzene rings is 1. The van der Waals surface area contributed by atoms with Crippen molar-refractivity contribution in [2.24, 2.45) is 5.92 Å². The summed E-state index contributed by atoms with van der Waals surface area (Å²) in [5, 5.41) is 0. The van der Waals surface area contributed by atoms with E-state index in [4.69, 9.17) is 0 Å². The monoisotopic (exact) mass is 186 g/mol. The van der Waals surface area contributed by atoms with E-state index < -0.39 is 0 Å². The number of hydrogen-bond donors (Lipinski definition) is 0. The zero-order chi connectivity index (χ0) is 9.76. The van der Waals surface area contributed by atoms with E-state index in [1.54, 1.807) is 5.56 Å². The Morgan fingerprint density at radius 1 is 1.00 bits per heavy atom. The van der Waals surface area contributed by atoms with Crippen LogP contribution in [0.1, 0.15) is 42.4 Å². The van der Waals surface area contributed by atoms with Crippen molar-refractivity contribution < 1.29 is 0 Å². The molecule has 0 unspecified atom stereocenters. The minimum absolute atomic E-state index is 0.636. The maximum atomic E-state index is 2.42. The molecule has 0 aromatic heterocycles. The molecule has 2 fully saturated rings. The summed E-state index contributed by atoms with van der Waals surface area (Å²) in [6.07, 6.45) is 5.85. The smallest absolute Gasteiger partial charge is 0.00179 e. The van der Waals surface area contributed by atoms with Gasteiger partial charge in [0.05, 0.1) is 0 Å². The molecule has 0 spiro atoms. The summed E-state index contributed by atoms with van der Waals surface area (Å²) >= 11 is 0. The first-order chi connectivity index (χ1) is 6.71. The van der Waals surface area contributed by atoms with Gasteiger partial charge in [0.25, 0.3) is 0 Å². The zero-order valence-electron chi connectivity index (χ0n) is 9.14. The van der Waals surface area contributed by atoms with Gasteiger partial charge >= 0.3 is 0 Å². The van der Waals surface area contributed by atoms with Crippen molar-refractivity contribution in [3.8, 4) is 0 Å². The average Bonchev–Trinajstić information content (AvgIpc) is 2.98. The molecule has 1 aromatic carbocycles. The Hall–Kier alpha value is -0.780. The third kappa shape index (κ3) is 1.20. The van der Waals surface area contributed by atoms with Gasteiger partial charge in [-0.1, -0.05) is 29.3 Å². The second-order valence-corrected chi connectivity index (χ2v) is 5.31. The largest absolute Gasteiger partial charge is 0.0564 e. The van der Waals surface area contributed by atoms with Crippen molar-refractivity contribution in [3.05, 3.63) is 34.9 Å². The lowest BCUT2D eigenvalue weighted by Gasteiger charge is -2.16. The summed E-state index contributed by atoms with van der Waals surface area (Å²) in [5.41, 5.74) is 5.15. The molecule has 0 atom stereocenters. The van der Waals surface area contributed by atoms with Crippen molar-refractivity contribution in [2.45, 2.75) is 44.9 Å². The quantitative estimate of drug-likeness (QED) is 0.660. The van der Waals surface area contributed by atoms with Gasteiger partial charge in [0.1, 0.15) is 0 Å². The van der Waals surface area contributed by atoms with Gasteiger partial charge in [0, 0.05) is 0 Å². The molecule has 14 heavy (non-hydrogen) atoms. The molecule has 3 rings (SSSR count). The highest BCUT2D eigenvalue weighted by atomic mass is 14.6. The van der Waals surface area contributed by atoms with Crippen LogP contribution in [0.5, 0.6) is 0 Å². The van der Waals surface area contributed by atoms with Crippen LogP contribution < -0.4 is 0 Å². The van der Waals surface area contributed by atoms with Gasteiger partial charge in [0.2, 0.25) is 0 Å². The summed E-state index contributed by atoms with van der Waals surface area (Å²) in [6.45, 7) is 4.44. The molecular formula is C14H18. The predicted octanol–water partition coefficient (Wildman–Crippen LogP) is 3.75. The summed E-state index contributed by atoms with van der Waals surface area (Å²) in [5.74, 6) is 1.03. The van der Waals surface area contributed by atoms with E-state index in [2.05, 4.69) is 32.0 Å². The molecular weight excluding hydrogens is 168 g/mol. The van der Waals surface area contributed by atoms with Crippen LogP contribution in [-0.2, 0) is 5.41 Å². The minimum atomic E-state index is 0.636. The molecule has 0 heteroatoms. The fraction of sp³-hybridized carbons (Fsp3) is 0.571. The maximum absolute atomic E-state index is 2.42. The fourth-order valence-corrected chi connectivity index (χ4v) is 2.97. The SMILES string of the molecule is Cc1cc(C)cc(C2(C3CC3)CC2)c1. The van der Waals surface area contributed by atoms with Crippen LogP contribution in [-0.4, -0.2) is 0 Å². The predicted molar refractivity (Wildman–Crippen MR) is 59.6 cm³/mol. The molecule has 2 saturated carbocycles. The van der Waals surface area contributed by atoms with Crippen LogP contribution in [0, 0.1) is 19.8 Å². The van der Waals surface area contributed by atoms with E-state index in [0.717, 1.165) is 5.92 Å². The number of rotatable bonds is 2. The van der Waals surface area contributed by atoms with Crippen molar-refractivity contribution in [1.29, 1.82) is 0 Å². The molecule has 1 aromatic rings. The molecule has 0 N–H and O–H groups in total. The molecule has 0 radical (unpaired) electrons. The molecule has 2 aliphatic carbocycles. The molecule has 0 saturated heterocycles. The lowest BCUT2D eigenvalue weighted by atomic mass is 9.89. The van der Waals surface area contributed by atoms with Crippen LogP contribution in [0.3, 0.4) is 0 Å². The minimum Gasteiger partial charge on any atom is -0.0564 e. The van der Waals surface area contributed by atoms with Gasteiger partial charge in [-0.15, -0.1) is 0 Å². The Morgan fingerprint density at radius 3 is 2.00 bits per heavy atom. The first-order valence-corrected chi connectivity index (χ1v) is 5.79. The highest BCUT2D eigenvalue weighted by Crippen LogP contribution is 2.62. The highest BCUT2D eigenvalue weighted by molar-refractivity contribution is 5.39. The zero-order valence-corrected chi connectivity index (χ0v) is 9.14. The van der Waals surface area contributed by atoms with E-state index in [0.29, 0.717) is 5.41 Å². The fourth-order valence-electron chi connectivity index (χ4n) is 2.97. The van der Waals surface area contributed by atoms with E-state index in [1.165, 1.54) is 36.8 Å². The van der Waals surface area contributed by atoms with Gasteiger partial charge in [-0.25, -0.2) is 0 Å². The van der Waals surface area contributed by atoms with Crippen molar-refractivity contribution in [3.63, 3.8) is 0 Å². The number of aryl methyl sites for hydroxylation is 2. The van der Waals surface area contributed by atoms with E-state index in [-0.39, 0.29) is 0 Å². The summed E-state index contributed by atoms with van der Waals surface area (Å²) < 4.78 is 0. The third-order valence-corrected chi connectivity index (χ3v) is 3.94. The third-order valence-electron chi connectivity index (χ3n) is 3.94. The first-order valence-electron chi connectivity index (χ1n) is 5.79. The highest BCUT2D eigenvalue weighted by Gasteiger charge is 2.54. The van der Waals surface area contributed by atoms with E-state index in [9.17, 15) is 0 Å². The molecule has 0 aliphatic heterocycles.